The van der Waals surface area contributed by atoms with Crippen LogP contribution in [0.3, 0.4) is 0 Å². The molecule has 0 aliphatic carbocycles. The molecule has 5 heteroatoms. The number of aliphatic hydroxyl groups excluding tert-OH is 1. The van der Waals surface area contributed by atoms with Crippen molar-refractivity contribution in [3.05, 3.63) is 0 Å². The maximum absolute atomic E-state index is 10.8. The molecule has 1 aliphatic heterocycles. The van der Waals surface area contributed by atoms with Gasteiger partial charge in [0.05, 0.1) is 25.4 Å². The van der Waals surface area contributed by atoms with Crippen molar-refractivity contribution in [2.45, 2.75) is 38.1 Å². The molecule has 5 nitrogen and oxygen atoms in total. The van der Waals surface area contributed by atoms with Gasteiger partial charge in [0.25, 0.3) is 0 Å². The number of carboxylic acid groups (broad SMARTS) is 1. The van der Waals surface area contributed by atoms with Gasteiger partial charge in [0, 0.05) is 0 Å². The van der Waals surface area contributed by atoms with E-state index in [1.54, 1.807) is 0 Å². The van der Waals surface area contributed by atoms with Crippen LogP contribution in [0.5, 0.6) is 0 Å². The molecule has 0 aromatic heterocycles. The van der Waals surface area contributed by atoms with E-state index in [2.05, 4.69) is 0 Å². The molecule has 0 aromatic carbocycles. The van der Waals surface area contributed by atoms with Crippen molar-refractivity contribution in [2.24, 2.45) is 0 Å². The molecule has 1 heterocycles. The van der Waals surface area contributed by atoms with Gasteiger partial charge in [-0.3, -0.25) is 0 Å². The Kier molecular flexibility index (Phi) is 4.31. The molecule has 0 radical (unpaired) electrons. The van der Waals surface area contributed by atoms with E-state index in [-0.39, 0.29) is 25.4 Å². The summed E-state index contributed by atoms with van der Waals surface area (Å²) in [5.41, 5.74) is 0. The third-order valence-corrected chi connectivity index (χ3v) is 2.23. The Morgan fingerprint density at radius 2 is 2.36 bits per heavy atom. The third kappa shape index (κ3) is 2.94. The highest BCUT2D eigenvalue weighted by atomic mass is 16.6. The third-order valence-electron chi connectivity index (χ3n) is 2.23. The second kappa shape index (κ2) is 5.29. The molecule has 1 aliphatic rings. The van der Waals surface area contributed by atoms with Crippen LogP contribution in [-0.4, -0.2) is 47.7 Å². The Hall–Kier alpha value is -0.650. The summed E-state index contributed by atoms with van der Waals surface area (Å²) in [6, 6.07) is 0. The molecule has 14 heavy (non-hydrogen) atoms. The van der Waals surface area contributed by atoms with E-state index in [0.29, 0.717) is 6.42 Å². The van der Waals surface area contributed by atoms with E-state index in [9.17, 15) is 4.79 Å². The van der Waals surface area contributed by atoms with Gasteiger partial charge in [0.1, 0.15) is 0 Å². The van der Waals surface area contributed by atoms with Gasteiger partial charge >= 0.3 is 5.97 Å². The van der Waals surface area contributed by atoms with Crippen LogP contribution >= 0.6 is 0 Å². The van der Waals surface area contributed by atoms with E-state index in [1.807, 2.05) is 6.92 Å². The summed E-state index contributed by atoms with van der Waals surface area (Å²) in [7, 11) is 0. The van der Waals surface area contributed by atoms with Crippen molar-refractivity contribution in [1.29, 1.82) is 0 Å². The van der Waals surface area contributed by atoms with Gasteiger partial charge in [-0.15, -0.1) is 0 Å². The summed E-state index contributed by atoms with van der Waals surface area (Å²) >= 11 is 0. The minimum atomic E-state index is -1.03. The molecular formula is C9H16O5. The zero-order valence-electron chi connectivity index (χ0n) is 8.18. The predicted octanol–water partition coefficient (Wildman–Crippen LogP) is 0.0160. The standard InChI is InChI=1S/C9H16O5/c1-6-2-3-7(14-6)8(9(11)12)13-5-4-10/h6-8,10H,2-5H2,1H3,(H,11,12). The van der Waals surface area contributed by atoms with E-state index in [1.165, 1.54) is 0 Å². The molecule has 1 rings (SSSR count). The molecule has 82 valence electrons. The summed E-state index contributed by atoms with van der Waals surface area (Å²) < 4.78 is 10.4. The highest BCUT2D eigenvalue weighted by Crippen LogP contribution is 2.23. The van der Waals surface area contributed by atoms with Crippen LogP contribution in [-0.2, 0) is 14.3 Å². The van der Waals surface area contributed by atoms with Crippen molar-refractivity contribution < 1.29 is 24.5 Å². The molecule has 0 saturated carbocycles. The van der Waals surface area contributed by atoms with E-state index in [4.69, 9.17) is 19.7 Å². The summed E-state index contributed by atoms with van der Waals surface area (Å²) in [6.07, 6.45) is 0.321. The van der Waals surface area contributed by atoms with Crippen LogP contribution in [0, 0.1) is 0 Å². The van der Waals surface area contributed by atoms with Crippen LogP contribution in [0.1, 0.15) is 19.8 Å². The minimum Gasteiger partial charge on any atom is -0.479 e. The van der Waals surface area contributed by atoms with Gasteiger partial charge < -0.3 is 19.7 Å². The van der Waals surface area contributed by atoms with Crippen molar-refractivity contribution in [3.63, 3.8) is 0 Å². The average molecular weight is 204 g/mol. The predicted molar refractivity (Wildman–Crippen MR) is 48.0 cm³/mol. The molecule has 0 amide bonds. The highest BCUT2D eigenvalue weighted by Gasteiger charge is 2.34. The molecule has 2 N–H and O–H groups in total. The Balaban J connectivity index is 2.45. The number of hydrogen-bond donors (Lipinski definition) is 2. The van der Waals surface area contributed by atoms with E-state index < -0.39 is 12.1 Å². The Labute approximate surface area is 82.6 Å². The molecule has 0 bridgehead atoms. The first kappa shape index (κ1) is 11.4. The molecule has 0 aromatic rings. The molecular weight excluding hydrogens is 188 g/mol. The number of rotatable bonds is 5. The first-order chi connectivity index (χ1) is 6.65. The number of carbonyl (C=O) groups is 1. The van der Waals surface area contributed by atoms with E-state index in [0.717, 1.165) is 6.42 Å². The number of aliphatic hydroxyl groups is 1. The van der Waals surface area contributed by atoms with Crippen LogP contribution in [0.15, 0.2) is 0 Å². The summed E-state index contributed by atoms with van der Waals surface area (Å²) in [6.45, 7) is 1.77. The van der Waals surface area contributed by atoms with Gasteiger partial charge in [-0.05, 0) is 19.8 Å². The first-order valence-electron chi connectivity index (χ1n) is 4.76. The lowest BCUT2D eigenvalue weighted by molar-refractivity contribution is -0.161. The fourth-order valence-corrected chi connectivity index (χ4v) is 1.57. The molecule has 0 spiro atoms. The van der Waals surface area contributed by atoms with Crippen LogP contribution in [0.4, 0.5) is 0 Å². The quantitative estimate of drug-likeness (QED) is 0.660. The Morgan fingerprint density at radius 3 is 2.79 bits per heavy atom. The van der Waals surface area contributed by atoms with Crippen molar-refractivity contribution in [1.82, 2.24) is 0 Å². The van der Waals surface area contributed by atoms with Crippen LogP contribution in [0.25, 0.3) is 0 Å². The van der Waals surface area contributed by atoms with Crippen LogP contribution in [0.2, 0.25) is 0 Å². The largest absolute Gasteiger partial charge is 0.479 e. The van der Waals surface area contributed by atoms with Gasteiger partial charge in [-0.1, -0.05) is 0 Å². The topological polar surface area (TPSA) is 76.0 Å². The maximum atomic E-state index is 10.8. The summed E-state index contributed by atoms with van der Waals surface area (Å²) in [4.78, 5) is 10.8. The molecule has 1 saturated heterocycles. The number of hydrogen-bond acceptors (Lipinski definition) is 4. The molecule has 3 atom stereocenters. The first-order valence-corrected chi connectivity index (χ1v) is 4.76. The SMILES string of the molecule is CC1CCC(C(OCCO)C(=O)O)O1. The molecule has 1 fully saturated rings. The normalized spacial score (nSPS) is 29.0. The summed E-state index contributed by atoms with van der Waals surface area (Å²) in [5.74, 6) is -1.03. The maximum Gasteiger partial charge on any atom is 0.335 e. The number of ether oxygens (including phenoxy) is 2. The molecule has 3 unspecified atom stereocenters. The van der Waals surface area contributed by atoms with Gasteiger partial charge in [-0.2, -0.15) is 0 Å². The zero-order chi connectivity index (χ0) is 10.6. The lowest BCUT2D eigenvalue weighted by Gasteiger charge is -2.19. The van der Waals surface area contributed by atoms with E-state index >= 15 is 0 Å². The lowest BCUT2D eigenvalue weighted by Crippen LogP contribution is -2.37. The van der Waals surface area contributed by atoms with Gasteiger partial charge in [0.15, 0.2) is 6.10 Å². The van der Waals surface area contributed by atoms with Gasteiger partial charge in [-0.25, -0.2) is 4.79 Å². The Bertz CT molecular complexity index is 194. The number of aliphatic carboxylic acids is 1. The monoisotopic (exact) mass is 204 g/mol. The van der Waals surface area contributed by atoms with Gasteiger partial charge in [0.2, 0.25) is 0 Å². The minimum absolute atomic E-state index is 0.0329. The summed E-state index contributed by atoms with van der Waals surface area (Å²) in [5, 5.41) is 17.4. The van der Waals surface area contributed by atoms with Crippen LogP contribution < -0.4 is 0 Å². The Morgan fingerprint density at radius 1 is 1.64 bits per heavy atom. The average Bonchev–Trinajstić information content (AvgIpc) is 2.52. The fraction of sp³-hybridized carbons (Fsp3) is 0.889. The lowest BCUT2D eigenvalue weighted by atomic mass is 10.1. The van der Waals surface area contributed by atoms with Crippen molar-refractivity contribution in [2.75, 3.05) is 13.2 Å². The smallest absolute Gasteiger partial charge is 0.335 e. The highest BCUT2D eigenvalue weighted by molar-refractivity contribution is 5.73. The van der Waals surface area contributed by atoms with Crippen molar-refractivity contribution >= 4 is 5.97 Å². The number of carboxylic acids is 1. The zero-order valence-corrected chi connectivity index (χ0v) is 8.18. The van der Waals surface area contributed by atoms with Crippen molar-refractivity contribution in [3.8, 4) is 0 Å². The fourth-order valence-electron chi connectivity index (χ4n) is 1.57. The second-order valence-electron chi connectivity index (χ2n) is 3.42. The second-order valence-corrected chi connectivity index (χ2v) is 3.42.